The Morgan fingerprint density at radius 1 is 1.16 bits per heavy atom. The van der Waals surface area contributed by atoms with Crippen LogP contribution >= 0.6 is 15.9 Å². The van der Waals surface area contributed by atoms with E-state index in [1.54, 1.807) is 18.2 Å². The van der Waals surface area contributed by atoms with Crippen molar-refractivity contribution in [2.24, 2.45) is 4.99 Å². The van der Waals surface area contributed by atoms with E-state index in [9.17, 15) is 9.59 Å². The zero-order valence-corrected chi connectivity index (χ0v) is 15.5. The van der Waals surface area contributed by atoms with Crippen LogP contribution in [0.25, 0.3) is 0 Å². The normalized spacial score (nSPS) is 19.0. The Bertz CT molecular complexity index is 830. The maximum atomic E-state index is 12.5. The highest BCUT2D eigenvalue weighted by Crippen LogP contribution is 2.33. The molecule has 1 unspecified atom stereocenters. The Morgan fingerprint density at radius 2 is 1.92 bits per heavy atom. The zero-order valence-electron chi connectivity index (χ0n) is 13.9. The summed E-state index contributed by atoms with van der Waals surface area (Å²) in [5.74, 6) is -0.124. The fraction of sp³-hybridized carbons (Fsp3) is 0.250. The van der Waals surface area contributed by atoms with Crippen LogP contribution in [0.1, 0.15) is 41.1 Å². The van der Waals surface area contributed by atoms with E-state index < -0.39 is 5.97 Å². The Kier molecular flexibility index (Phi) is 5.43. The number of hydrogen-bond acceptors (Lipinski definition) is 4. The molecule has 0 amide bonds. The molecule has 0 aromatic heterocycles. The van der Waals surface area contributed by atoms with Crippen molar-refractivity contribution in [3.05, 3.63) is 64.1 Å². The third-order valence-electron chi connectivity index (χ3n) is 4.39. The lowest BCUT2D eigenvalue weighted by Crippen LogP contribution is -2.23. The van der Waals surface area contributed by atoms with Crippen molar-refractivity contribution in [1.82, 2.24) is 0 Å². The quantitative estimate of drug-likeness (QED) is 0.693. The van der Waals surface area contributed by atoms with Gasteiger partial charge in [-0.2, -0.15) is 0 Å². The predicted octanol–water partition coefficient (Wildman–Crippen LogP) is 4.85. The summed E-state index contributed by atoms with van der Waals surface area (Å²) in [6.07, 6.45) is 1.99. The summed E-state index contributed by atoms with van der Waals surface area (Å²) in [5, 5.41) is 0. The molecule has 128 valence electrons. The summed E-state index contributed by atoms with van der Waals surface area (Å²) in [5.41, 5.74) is 2.73. The minimum absolute atomic E-state index is 0.0653. The number of methoxy groups -OCH3 is 1. The number of esters is 1. The molecule has 1 fully saturated rings. The van der Waals surface area contributed by atoms with Crippen molar-refractivity contribution in [2.75, 3.05) is 7.11 Å². The zero-order chi connectivity index (χ0) is 17.8. The standard InChI is InChI=1S/C20H18BrNO3/c1-25-20(24)15-8-5-9-17(19(15)21)22-16-11-10-14(12-18(16)23)13-6-3-2-4-7-13/h2-9,14H,10-12H2,1H3. The summed E-state index contributed by atoms with van der Waals surface area (Å²) >= 11 is 3.40. The van der Waals surface area contributed by atoms with Crippen LogP contribution in [0, 0.1) is 0 Å². The number of carbonyl (C=O) groups is 2. The van der Waals surface area contributed by atoms with Gasteiger partial charge in [0.2, 0.25) is 0 Å². The van der Waals surface area contributed by atoms with Gasteiger partial charge in [-0.1, -0.05) is 36.4 Å². The summed E-state index contributed by atoms with van der Waals surface area (Å²) in [6, 6.07) is 15.3. The van der Waals surface area contributed by atoms with Crippen LogP contribution < -0.4 is 0 Å². The third-order valence-corrected chi connectivity index (χ3v) is 5.23. The van der Waals surface area contributed by atoms with Crippen molar-refractivity contribution in [3.8, 4) is 0 Å². The monoisotopic (exact) mass is 399 g/mol. The molecule has 2 aromatic carbocycles. The van der Waals surface area contributed by atoms with Gasteiger partial charge in [-0.05, 0) is 52.4 Å². The lowest BCUT2D eigenvalue weighted by molar-refractivity contribution is -0.113. The second-order valence-electron chi connectivity index (χ2n) is 5.96. The second kappa shape index (κ2) is 7.74. The fourth-order valence-corrected chi connectivity index (χ4v) is 3.56. The Balaban J connectivity index is 1.82. The van der Waals surface area contributed by atoms with E-state index in [0.717, 1.165) is 6.42 Å². The number of ether oxygens (including phenoxy) is 1. The van der Waals surface area contributed by atoms with Crippen LogP contribution in [0.15, 0.2) is 58.0 Å². The molecular weight excluding hydrogens is 382 g/mol. The summed E-state index contributed by atoms with van der Waals surface area (Å²) < 4.78 is 5.31. The highest BCUT2D eigenvalue weighted by molar-refractivity contribution is 9.10. The number of benzene rings is 2. The smallest absolute Gasteiger partial charge is 0.339 e. The van der Waals surface area contributed by atoms with Gasteiger partial charge in [0.05, 0.1) is 28.5 Å². The van der Waals surface area contributed by atoms with Gasteiger partial charge in [0.1, 0.15) is 0 Å². The number of nitrogens with zero attached hydrogens (tertiary/aromatic N) is 1. The van der Waals surface area contributed by atoms with Gasteiger partial charge in [-0.25, -0.2) is 9.79 Å². The van der Waals surface area contributed by atoms with Gasteiger partial charge in [0, 0.05) is 6.42 Å². The lowest BCUT2D eigenvalue weighted by Gasteiger charge is -2.22. The van der Waals surface area contributed by atoms with Crippen LogP contribution in [0.3, 0.4) is 0 Å². The summed E-state index contributed by atoms with van der Waals surface area (Å²) in [7, 11) is 1.34. The molecule has 1 aliphatic rings. The van der Waals surface area contributed by atoms with Crippen LogP contribution in [0.5, 0.6) is 0 Å². The first-order valence-corrected chi connectivity index (χ1v) is 8.92. The van der Waals surface area contributed by atoms with Crippen molar-refractivity contribution in [2.45, 2.75) is 25.2 Å². The van der Waals surface area contributed by atoms with E-state index in [0.29, 0.717) is 34.3 Å². The molecule has 0 bridgehead atoms. The van der Waals surface area contributed by atoms with E-state index in [2.05, 4.69) is 33.1 Å². The number of rotatable bonds is 3. The first-order valence-electron chi connectivity index (χ1n) is 8.12. The van der Waals surface area contributed by atoms with Crippen molar-refractivity contribution in [3.63, 3.8) is 0 Å². The molecule has 5 heteroatoms. The molecule has 0 spiro atoms. The number of aliphatic imine (C=N–C) groups is 1. The molecule has 3 rings (SSSR count). The van der Waals surface area contributed by atoms with E-state index in [1.165, 1.54) is 12.7 Å². The van der Waals surface area contributed by atoms with E-state index in [1.807, 2.05) is 18.2 Å². The van der Waals surface area contributed by atoms with E-state index >= 15 is 0 Å². The molecule has 1 atom stereocenters. The lowest BCUT2D eigenvalue weighted by atomic mass is 9.82. The second-order valence-corrected chi connectivity index (χ2v) is 6.76. The van der Waals surface area contributed by atoms with Crippen LogP contribution in [0.4, 0.5) is 5.69 Å². The van der Waals surface area contributed by atoms with Gasteiger partial charge in [0.15, 0.2) is 5.78 Å². The maximum absolute atomic E-state index is 12.5. The van der Waals surface area contributed by atoms with Gasteiger partial charge in [-0.3, -0.25) is 4.79 Å². The first kappa shape index (κ1) is 17.5. The molecule has 1 saturated carbocycles. The van der Waals surface area contributed by atoms with Crippen LogP contribution in [0.2, 0.25) is 0 Å². The third kappa shape index (κ3) is 3.87. The topological polar surface area (TPSA) is 55.7 Å². The number of Topliss-reactive ketones (excluding diaryl/α,β-unsaturated/α-hetero) is 1. The Morgan fingerprint density at radius 3 is 2.60 bits per heavy atom. The molecule has 1 aliphatic carbocycles. The van der Waals surface area contributed by atoms with Gasteiger partial charge in [0.25, 0.3) is 0 Å². The van der Waals surface area contributed by atoms with Crippen molar-refractivity contribution >= 4 is 39.1 Å². The SMILES string of the molecule is COC(=O)c1cccc(N=C2CCC(c3ccccc3)CC2=O)c1Br. The Labute approximate surface area is 155 Å². The molecule has 0 saturated heterocycles. The minimum atomic E-state index is -0.437. The van der Waals surface area contributed by atoms with Gasteiger partial charge >= 0.3 is 5.97 Å². The number of carbonyl (C=O) groups excluding carboxylic acids is 2. The molecule has 2 aromatic rings. The number of halogens is 1. The predicted molar refractivity (Wildman–Crippen MR) is 101 cm³/mol. The average Bonchev–Trinajstić information content (AvgIpc) is 2.65. The molecular formula is C20H18BrNO3. The minimum Gasteiger partial charge on any atom is -0.465 e. The molecule has 25 heavy (non-hydrogen) atoms. The maximum Gasteiger partial charge on any atom is 0.339 e. The molecule has 0 heterocycles. The van der Waals surface area contributed by atoms with Crippen molar-refractivity contribution < 1.29 is 14.3 Å². The molecule has 0 radical (unpaired) electrons. The van der Waals surface area contributed by atoms with Crippen LogP contribution in [-0.2, 0) is 9.53 Å². The highest BCUT2D eigenvalue weighted by Gasteiger charge is 2.26. The van der Waals surface area contributed by atoms with Crippen LogP contribution in [-0.4, -0.2) is 24.6 Å². The largest absolute Gasteiger partial charge is 0.465 e. The Hall–Kier alpha value is -2.27. The molecule has 0 aliphatic heterocycles. The fourth-order valence-electron chi connectivity index (χ4n) is 3.04. The highest BCUT2D eigenvalue weighted by atomic mass is 79.9. The average molecular weight is 400 g/mol. The van der Waals surface area contributed by atoms with Gasteiger partial charge in [-0.15, -0.1) is 0 Å². The number of ketones is 1. The first-order chi connectivity index (χ1) is 12.1. The van der Waals surface area contributed by atoms with E-state index in [4.69, 9.17) is 4.74 Å². The molecule has 0 N–H and O–H groups in total. The summed E-state index contributed by atoms with van der Waals surface area (Å²) in [4.78, 5) is 28.8. The van der Waals surface area contributed by atoms with Gasteiger partial charge < -0.3 is 4.74 Å². The van der Waals surface area contributed by atoms with Crippen molar-refractivity contribution in [1.29, 1.82) is 0 Å². The molecule has 4 nitrogen and oxygen atoms in total. The number of hydrogen-bond donors (Lipinski definition) is 0. The summed E-state index contributed by atoms with van der Waals surface area (Å²) in [6.45, 7) is 0. The van der Waals surface area contributed by atoms with E-state index in [-0.39, 0.29) is 11.7 Å².